The molecule has 42 valence electrons. The molecule has 0 saturated carbocycles. The Bertz CT molecular complexity index is 162. The zero-order chi connectivity index (χ0) is 5.98. The van der Waals surface area contributed by atoms with Crippen molar-refractivity contribution in [3.05, 3.63) is 12.3 Å². The van der Waals surface area contributed by atoms with Crippen LogP contribution >= 0.6 is 15.9 Å². The molecule has 3 heteroatoms. The molecular formula is C5H4BrNO. The van der Waals surface area contributed by atoms with Gasteiger partial charge in [0.2, 0.25) is 0 Å². The molecule has 1 heterocycles. The minimum Gasteiger partial charge on any atom is -0.293 e. The van der Waals surface area contributed by atoms with Gasteiger partial charge in [0.1, 0.15) is 4.83 Å². The second kappa shape index (κ2) is 2.22. The third-order valence-corrected chi connectivity index (χ3v) is 1.50. The molecule has 1 aliphatic rings. The first-order valence-corrected chi connectivity index (χ1v) is 3.10. The Labute approximate surface area is 55.4 Å². The Morgan fingerprint density at radius 3 is 2.88 bits per heavy atom. The fourth-order valence-corrected chi connectivity index (χ4v) is 0.696. The molecular weight excluding hydrogens is 170 g/mol. The zero-order valence-corrected chi connectivity index (χ0v) is 5.63. The van der Waals surface area contributed by atoms with E-state index in [0.29, 0.717) is 0 Å². The highest BCUT2D eigenvalue weighted by molar-refractivity contribution is 9.10. The Kier molecular flexibility index (Phi) is 1.58. The molecule has 1 aliphatic heterocycles. The lowest BCUT2D eigenvalue weighted by molar-refractivity contribution is -0.113. The summed E-state index contributed by atoms with van der Waals surface area (Å²) < 4.78 is 0. The maximum Gasteiger partial charge on any atom is 0.176 e. The van der Waals surface area contributed by atoms with Crippen LogP contribution in [0, 0.1) is 0 Å². The van der Waals surface area contributed by atoms with Gasteiger partial charge in [-0.25, -0.2) is 0 Å². The highest BCUT2D eigenvalue weighted by Crippen LogP contribution is 2.02. The highest BCUT2D eigenvalue weighted by Gasteiger charge is 2.09. The number of halogens is 1. The topological polar surface area (TPSA) is 29.4 Å². The van der Waals surface area contributed by atoms with Crippen LogP contribution in [0.1, 0.15) is 0 Å². The van der Waals surface area contributed by atoms with Crippen molar-refractivity contribution in [1.29, 1.82) is 0 Å². The van der Waals surface area contributed by atoms with Crippen molar-refractivity contribution in [1.82, 2.24) is 0 Å². The summed E-state index contributed by atoms with van der Waals surface area (Å²) >= 11 is 3.10. The minimum absolute atomic E-state index is 0.0556. The van der Waals surface area contributed by atoms with Crippen molar-refractivity contribution in [2.45, 2.75) is 4.83 Å². The first-order chi connectivity index (χ1) is 3.80. The van der Waals surface area contributed by atoms with Gasteiger partial charge in [-0.15, -0.1) is 0 Å². The van der Waals surface area contributed by atoms with E-state index in [2.05, 4.69) is 20.9 Å². The first-order valence-electron chi connectivity index (χ1n) is 2.18. The smallest absolute Gasteiger partial charge is 0.176 e. The molecule has 0 spiro atoms. The molecule has 0 aromatic rings. The molecule has 0 aromatic heterocycles. The minimum atomic E-state index is -0.201. The van der Waals surface area contributed by atoms with E-state index in [-0.39, 0.29) is 10.6 Å². The van der Waals surface area contributed by atoms with Crippen molar-refractivity contribution in [2.24, 2.45) is 4.99 Å². The summed E-state index contributed by atoms with van der Waals surface area (Å²) in [4.78, 5) is 14.1. The number of nitrogens with zero attached hydrogens (tertiary/aromatic N) is 1. The largest absolute Gasteiger partial charge is 0.293 e. The van der Waals surface area contributed by atoms with E-state index in [9.17, 15) is 4.79 Å². The number of aliphatic imine (C=N–C) groups is 1. The van der Waals surface area contributed by atoms with Gasteiger partial charge in [-0.2, -0.15) is 0 Å². The Morgan fingerprint density at radius 2 is 2.50 bits per heavy atom. The molecule has 2 nitrogen and oxygen atoms in total. The summed E-state index contributed by atoms with van der Waals surface area (Å²) in [6.45, 7) is 0. The number of ketones is 1. The Hall–Kier alpha value is -0.440. The second-order valence-electron chi connectivity index (χ2n) is 1.42. The fraction of sp³-hybridized carbons (Fsp3) is 0.200. The van der Waals surface area contributed by atoms with Crippen LogP contribution in [0.4, 0.5) is 0 Å². The highest BCUT2D eigenvalue weighted by atomic mass is 79.9. The monoisotopic (exact) mass is 173 g/mol. The zero-order valence-electron chi connectivity index (χ0n) is 4.04. The standard InChI is InChI=1S/C5H4BrNO/c6-4-3-7-2-1-5(4)8/h1-4H. The molecule has 1 rings (SSSR count). The molecule has 0 N–H and O–H groups in total. The summed E-state index contributed by atoms with van der Waals surface area (Å²) in [5.74, 6) is 0.0556. The number of hydrogen-bond acceptors (Lipinski definition) is 2. The number of alkyl halides is 1. The van der Waals surface area contributed by atoms with Gasteiger partial charge in [-0.3, -0.25) is 9.79 Å². The summed E-state index contributed by atoms with van der Waals surface area (Å²) in [5, 5.41) is 0. The number of carbonyl (C=O) groups is 1. The maximum absolute atomic E-state index is 10.6. The summed E-state index contributed by atoms with van der Waals surface area (Å²) in [5.41, 5.74) is 0. The van der Waals surface area contributed by atoms with E-state index in [1.165, 1.54) is 12.3 Å². The molecule has 1 unspecified atom stereocenters. The molecule has 1 atom stereocenters. The van der Waals surface area contributed by atoms with Crippen LogP contribution in [0.2, 0.25) is 0 Å². The van der Waals surface area contributed by atoms with E-state index in [1.54, 1.807) is 6.21 Å². The normalized spacial score (nSPS) is 26.6. The van der Waals surface area contributed by atoms with E-state index in [0.717, 1.165) is 0 Å². The van der Waals surface area contributed by atoms with Crippen LogP contribution in [0.5, 0.6) is 0 Å². The third kappa shape index (κ3) is 1.04. The summed E-state index contributed by atoms with van der Waals surface area (Å²) in [7, 11) is 0. The van der Waals surface area contributed by atoms with Crippen molar-refractivity contribution >= 4 is 27.9 Å². The number of rotatable bonds is 0. The predicted octanol–water partition coefficient (Wildman–Crippen LogP) is 0.917. The number of carbonyl (C=O) groups excluding carboxylic acids is 1. The maximum atomic E-state index is 10.6. The summed E-state index contributed by atoms with van der Waals surface area (Å²) in [6, 6.07) is 0. The molecule has 0 aromatic carbocycles. The summed E-state index contributed by atoms with van der Waals surface area (Å²) in [6.07, 6.45) is 4.49. The lowest BCUT2D eigenvalue weighted by Gasteiger charge is -1.98. The van der Waals surface area contributed by atoms with Crippen LogP contribution in [0.25, 0.3) is 0 Å². The Balaban J connectivity index is 2.74. The molecule has 0 bridgehead atoms. The average Bonchev–Trinajstić information content (AvgIpc) is 1.77. The Morgan fingerprint density at radius 1 is 1.75 bits per heavy atom. The van der Waals surface area contributed by atoms with Gasteiger partial charge in [0.15, 0.2) is 5.78 Å². The van der Waals surface area contributed by atoms with Gasteiger partial charge in [-0.05, 0) is 0 Å². The first kappa shape index (κ1) is 5.69. The van der Waals surface area contributed by atoms with Gasteiger partial charge >= 0.3 is 0 Å². The fourth-order valence-electron chi connectivity index (χ4n) is 0.407. The van der Waals surface area contributed by atoms with Crippen LogP contribution in [-0.2, 0) is 4.79 Å². The van der Waals surface area contributed by atoms with Crippen LogP contribution < -0.4 is 0 Å². The van der Waals surface area contributed by atoms with Crippen molar-refractivity contribution < 1.29 is 4.79 Å². The molecule has 8 heavy (non-hydrogen) atoms. The van der Waals surface area contributed by atoms with E-state index in [1.807, 2.05) is 0 Å². The molecule has 0 amide bonds. The van der Waals surface area contributed by atoms with Gasteiger partial charge in [0, 0.05) is 18.5 Å². The van der Waals surface area contributed by atoms with Crippen molar-refractivity contribution in [3.8, 4) is 0 Å². The quantitative estimate of drug-likeness (QED) is 0.502. The van der Waals surface area contributed by atoms with Gasteiger partial charge < -0.3 is 0 Å². The van der Waals surface area contributed by atoms with Crippen LogP contribution in [-0.4, -0.2) is 16.8 Å². The molecule has 0 radical (unpaired) electrons. The van der Waals surface area contributed by atoms with Gasteiger partial charge in [-0.1, -0.05) is 15.9 Å². The lowest BCUT2D eigenvalue weighted by Crippen LogP contribution is -2.14. The van der Waals surface area contributed by atoms with Crippen molar-refractivity contribution in [2.75, 3.05) is 0 Å². The van der Waals surface area contributed by atoms with E-state index in [4.69, 9.17) is 0 Å². The van der Waals surface area contributed by atoms with Crippen LogP contribution in [0.3, 0.4) is 0 Å². The van der Waals surface area contributed by atoms with Gasteiger partial charge in [0.25, 0.3) is 0 Å². The average molecular weight is 174 g/mol. The van der Waals surface area contributed by atoms with Crippen molar-refractivity contribution in [3.63, 3.8) is 0 Å². The van der Waals surface area contributed by atoms with E-state index < -0.39 is 0 Å². The number of allylic oxidation sites excluding steroid dienone is 1. The van der Waals surface area contributed by atoms with Crippen LogP contribution in [0.15, 0.2) is 17.3 Å². The van der Waals surface area contributed by atoms with Gasteiger partial charge in [0.05, 0.1) is 0 Å². The SMILES string of the molecule is O=C1C=CN=CC1Br. The number of hydrogen-bond donors (Lipinski definition) is 0. The third-order valence-electron chi connectivity index (χ3n) is 0.814. The van der Waals surface area contributed by atoms with E-state index >= 15 is 0 Å². The lowest BCUT2D eigenvalue weighted by atomic mass is 10.3. The molecule has 0 aliphatic carbocycles. The molecule has 0 saturated heterocycles. The molecule has 0 fully saturated rings. The second-order valence-corrected chi connectivity index (χ2v) is 2.40. The predicted molar refractivity (Wildman–Crippen MR) is 35.4 cm³/mol.